The Bertz CT molecular complexity index is 107. The number of amides is 1. The van der Waals surface area contributed by atoms with Crippen molar-refractivity contribution >= 4 is 17.7 Å². The quantitative estimate of drug-likeness (QED) is 0.679. The number of rotatable bonds is 4. The molecule has 0 saturated heterocycles. The molecule has 0 aromatic rings. The van der Waals surface area contributed by atoms with Gasteiger partial charge in [-0.25, -0.2) is 0 Å². The highest BCUT2D eigenvalue weighted by Gasteiger charge is 1.99. The number of hydrogen-bond donors (Lipinski definition) is 0. The van der Waals surface area contributed by atoms with Gasteiger partial charge >= 0.3 is 0 Å². The van der Waals surface area contributed by atoms with E-state index in [1.165, 1.54) is 0 Å². The van der Waals surface area contributed by atoms with E-state index in [2.05, 4.69) is 6.92 Å². The molecule has 0 radical (unpaired) electrons. The Morgan fingerprint density at radius 2 is 1.64 bits per heavy atom. The lowest BCUT2D eigenvalue weighted by Crippen LogP contribution is -2.26. The van der Waals surface area contributed by atoms with Crippen LogP contribution in [0.5, 0.6) is 0 Å². The molecular formula is C11H27NOS. The summed E-state index contributed by atoms with van der Waals surface area (Å²) >= 11 is 1.86. The molecule has 0 aliphatic heterocycles. The predicted molar refractivity (Wildman–Crippen MR) is 69.0 cm³/mol. The Morgan fingerprint density at radius 3 is 1.93 bits per heavy atom. The van der Waals surface area contributed by atoms with Gasteiger partial charge in [-0.15, -0.1) is 0 Å². The molecule has 0 N–H and O–H groups in total. The smallest absolute Gasteiger partial charge is 0.219 e. The molecule has 0 fully saturated rings. The fourth-order valence-electron chi connectivity index (χ4n) is 0.503. The van der Waals surface area contributed by atoms with E-state index in [-0.39, 0.29) is 5.91 Å². The lowest BCUT2D eigenvalue weighted by molar-refractivity contribution is -0.127. The summed E-state index contributed by atoms with van der Waals surface area (Å²) in [4.78, 5) is 12.4. The zero-order valence-electron chi connectivity index (χ0n) is 10.9. The Kier molecular flexibility index (Phi) is 25.7. The highest BCUT2D eigenvalue weighted by atomic mass is 32.2. The van der Waals surface area contributed by atoms with Crippen molar-refractivity contribution in [3.63, 3.8) is 0 Å². The summed E-state index contributed by atoms with van der Waals surface area (Å²) in [6, 6.07) is 0. The highest BCUT2D eigenvalue weighted by Crippen LogP contribution is 1.98. The monoisotopic (exact) mass is 221 g/mol. The van der Waals surface area contributed by atoms with E-state index in [0.29, 0.717) is 0 Å². The van der Waals surface area contributed by atoms with Crippen molar-refractivity contribution in [1.82, 2.24) is 4.90 Å². The molecule has 0 aliphatic carbocycles. The molecule has 0 rings (SSSR count). The molecule has 88 valence electrons. The fraction of sp³-hybridized carbons (Fsp3) is 0.909. The van der Waals surface area contributed by atoms with E-state index in [1.54, 1.807) is 11.8 Å². The second-order valence-corrected chi connectivity index (χ2v) is 3.53. The molecule has 0 aromatic heterocycles. The topological polar surface area (TPSA) is 20.3 Å². The molecule has 0 bridgehead atoms. The molecule has 3 heteroatoms. The van der Waals surface area contributed by atoms with E-state index in [1.807, 2.05) is 46.5 Å². The predicted octanol–water partition coefficient (Wildman–Crippen LogP) is 3.27. The number of carbonyl (C=O) groups excluding carboxylic acids is 1. The van der Waals surface area contributed by atoms with Crippen molar-refractivity contribution in [2.75, 3.05) is 25.1 Å². The third kappa shape index (κ3) is 17.8. The van der Waals surface area contributed by atoms with Gasteiger partial charge in [-0.1, -0.05) is 34.6 Å². The van der Waals surface area contributed by atoms with Gasteiger partial charge in [-0.3, -0.25) is 4.79 Å². The van der Waals surface area contributed by atoms with Crippen LogP contribution >= 0.6 is 11.8 Å². The van der Waals surface area contributed by atoms with Crippen molar-refractivity contribution in [2.45, 2.75) is 41.5 Å². The molecular weight excluding hydrogens is 194 g/mol. The summed E-state index contributed by atoms with van der Waals surface area (Å²) in [5.74, 6) is 2.33. The minimum Gasteiger partial charge on any atom is -0.345 e. The highest BCUT2D eigenvalue weighted by molar-refractivity contribution is 7.99. The zero-order valence-corrected chi connectivity index (χ0v) is 11.7. The SMILES string of the molecule is CC.CC.CCSCCN(C)C(C)=O. The van der Waals surface area contributed by atoms with E-state index < -0.39 is 0 Å². The van der Waals surface area contributed by atoms with Crippen LogP contribution in [0.4, 0.5) is 0 Å². The molecule has 14 heavy (non-hydrogen) atoms. The lowest BCUT2D eigenvalue weighted by Gasteiger charge is -2.13. The van der Waals surface area contributed by atoms with Crippen molar-refractivity contribution in [1.29, 1.82) is 0 Å². The van der Waals surface area contributed by atoms with Crippen molar-refractivity contribution in [3.8, 4) is 0 Å². The van der Waals surface area contributed by atoms with Gasteiger partial charge < -0.3 is 4.90 Å². The second-order valence-electron chi connectivity index (χ2n) is 2.14. The van der Waals surface area contributed by atoms with Gasteiger partial charge in [0.05, 0.1) is 0 Å². The van der Waals surface area contributed by atoms with Crippen LogP contribution in [-0.2, 0) is 4.79 Å². The maximum Gasteiger partial charge on any atom is 0.219 e. The van der Waals surface area contributed by atoms with Gasteiger partial charge in [0, 0.05) is 26.3 Å². The molecule has 0 heterocycles. The van der Waals surface area contributed by atoms with Crippen LogP contribution in [0.1, 0.15) is 41.5 Å². The van der Waals surface area contributed by atoms with E-state index in [0.717, 1.165) is 18.1 Å². The van der Waals surface area contributed by atoms with Crippen LogP contribution in [0.25, 0.3) is 0 Å². The van der Waals surface area contributed by atoms with Crippen molar-refractivity contribution in [3.05, 3.63) is 0 Å². The van der Waals surface area contributed by atoms with Crippen molar-refractivity contribution in [2.24, 2.45) is 0 Å². The van der Waals surface area contributed by atoms with Gasteiger partial charge in [0.1, 0.15) is 0 Å². The molecule has 0 aromatic carbocycles. The van der Waals surface area contributed by atoms with Crippen LogP contribution in [-0.4, -0.2) is 35.9 Å². The molecule has 0 aliphatic rings. The maximum atomic E-state index is 10.7. The van der Waals surface area contributed by atoms with Gasteiger partial charge in [0.2, 0.25) is 5.91 Å². The normalized spacial score (nSPS) is 7.64. The molecule has 1 amide bonds. The summed E-state index contributed by atoms with van der Waals surface area (Å²) in [7, 11) is 1.83. The van der Waals surface area contributed by atoms with Gasteiger partial charge in [-0.2, -0.15) is 11.8 Å². The van der Waals surface area contributed by atoms with Crippen molar-refractivity contribution < 1.29 is 4.79 Å². The number of thioether (sulfide) groups is 1. The minimum absolute atomic E-state index is 0.150. The Balaban J connectivity index is -0.000000266. The molecule has 0 unspecified atom stereocenters. The summed E-state index contributed by atoms with van der Waals surface area (Å²) in [5.41, 5.74) is 0. The first-order valence-electron chi connectivity index (χ1n) is 5.48. The lowest BCUT2D eigenvalue weighted by atomic mass is 10.5. The van der Waals surface area contributed by atoms with E-state index in [4.69, 9.17) is 0 Å². The van der Waals surface area contributed by atoms with Gasteiger partial charge in [0.25, 0.3) is 0 Å². The molecule has 0 spiro atoms. The summed E-state index contributed by atoms with van der Waals surface area (Å²) < 4.78 is 0. The third-order valence-electron chi connectivity index (χ3n) is 1.31. The average molecular weight is 221 g/mol. The van der Waals surface area contributed by atoms with Crippen LogP contribution < -0.4 is 0 Å². The summed E-state index contributed by atoms with van der Waals surface area (Å²) in [5, 5.41) is 0. The Labute approximate surface area is 94.4 Å². The number of hydrogen-bond acceptors (Lipinski definition) is 2. The average Bonchev–Trinajstić information content (AvgIpc) is 2.24. The van der Waals surface area contributed by atoms with Gasteiger partial charge in [-0.05, 0) is 5.75 Å². The number of carbonyl (C=O) groups is 1. The van der Waals surface area contributed by atoms with Crippen LogP contribution in [0.3, 0.4) is 0 Å². The van der Waals surface area contributed by atoms with Crippen LogP contribution in [0.2, 0.25) is 0 Å². The Hall–Kier alpha value is -0.180. The largest absolute Gasteiger partial charge is 0.345 e. The standard InChI is InChI=1S/C7H15NOS.2C2H6/c1-4-10-6-5-8(3)7(2)9;2*1-2/h4-6H2,1-3H3;2*1-2H3. The zero-order chi connectivity index (χ0) is 12.0. The summed E-state index contributed by atoms with van der Waals surface area (Å²) in [6.07, 6.45) is 0. The minimum atomic E-state index is 0.150. The van der Waals surface area contributed by atoms with E-state index >= 15 is 0 Å². The fourth-order valence-corrected chi connectivity index (χ4v) is 1.19. The first-order chi connectivity index (χ1) is 6.68. The summed E-state index contributed by atoms with van der Waals surface area (Å²) in [6.45, 7) is 12.6. The Morgan fingerprint density at radius 1 is 1.21 bits per heavy atom. The first-order valence-corrected chi connectivity index (χ1v) is 6.63. The van der Waals surface area contributed by atoms with Crippen LogP contribution in [0.15, 0.2) is 0 Å². The third-order valence-corrected chi connectivity index (χ3v) is 2.19. The number of nitrogens with zero attached hydrogens (tertiary/aromatic N) is 1. The van der Waals surface area contributed by atoms with Crippen LogP contribution in [0, 0.1) is 0 Å². The van der Waals surface area contributed by atoms with Gasteiger partial charge in [0.15, 0.2) is 0 Å². The molecule has 0 atom stereocenters. The second kappa shape index (κ2) is 18.6. The molecule has 0 saturated carbocycles. The molecule has 2 nitrogen and oxygen atoms in total. The van der Waals surface area contributed by atoms with E-state index in [9.17, 15) is 4.79 Å². The first kappa shape index (κ1) is 19.4. The maximum absolute atomic E-state index is 10.7.